The number of nitrogens with zero attached hydrogens (tertiary/aromatic N) is 1. The summed E-state index contributed by atoms with van der Waals surface area (Å²) in [4.78, 5) is 16.4. The number of nitrogens with one attached hydrogen (secondary N) is 2. The average molecular weight is 339 g/mol. The first-order chi connectivity index (χ1) is 12.2. The number of rotatable bonds is 8. The van der Waals surface area contributed by atoms with Crippen molar-refractivity contribution < 1.29 is 13.9 Å². The van der Waals surface area contributed by atoms with Gasteiger partial charge in [-0.1, -0.05) is 30.3 Å². The number of aromatic nitrogens is 1. The van der Waals surface area contributed by atoms with Gasteiger partial charge in [0.05, 0.1) is 13.2 Å². The third-order valence-corrected chi connectivity index (χ3v) is 3.68. The summed E-state index contributed by atoms with van der Waals surface area (Å²) in [5.74, 6) is 0.547. The Hall–Kier alpha value is -2.70. The minimum Gasteiger partial charge on any atom is -0.440 e. The molecule has 0 spiro atoms. The van der Waals surface area contributed by atoms with Gasteiger partial charge in [0.2, 0.25) is 5.91 Å². The number of amides is 1. The van der Waals surface area contributed by atoms with Crippen LogP contribution in [0.1, 0.15) is 11.5 Å². The first kappa shape index (κ1) is 17.1. The number of ether oxygens (including phenoxy) is 1. The zero-order chi connectivity index (χ0) is 17.5. The number of fused-ring (bicyclic) bond motifs is 1. The molecule has 1 heterocycles. The minimum atomic E-state index is -0.112. The summed E-state index contributed by atoms with van der Waals surface area (Å²) in [5.41, 5.74) is 3.27. The molecule has 0 fully saturated rings. The highest BCUT2D eigenvalue weighted by Gasteiger charge is 2.09. The first-order valence-electron chi connectivity index (χ1n) is 8.17. The van der Waals surface area contributed by atoms with E-state index in [0.29, 0.717) is 36.7 Å². The van der Waals surface area contributed by atoms with Crippen molar-refractivity contribution in [3.8, 4) is 0 Å². The van der Waals surface area contributed by atoms with Gasteiger partial charge in [0.25, 0.3) is 0 Å². The van der Waals surface area contributed by atoms with Crippen molar-refractivity contribution in [2.75, 3.05) is 32.1 Å². The zero-order valence-corrected chi connectivity index (χ0v) is 14.1. The number of carbonyl (C=O) groups is 1. The van der Waals surface area contributed by atoms with E-state index in [2.05, 4.69) is 15.6 Å². The van der Waals surface area contributed by atoms with Crippen LogP contribution in [0.3, 0.4) is 0 Å². The Bertz CT molecular complexity index is 830. The van der Waals surface area contributed by atoms with Crippen molar-refractivity contribution in [1.29, 1.82) is 0 Å². The largest absolute Gasteiger partial charge is 0.440 e. The number of oxazole rings is 1. The standard InChI is InChI=1S/C19H21N3O3/c1-24-10-9-20-13-18(23)21-15-7-8-16-17(12-15)25-19(22-16)11-14-5-3-2-4-6-14/h2-8,12,20H,9-11,13H2,1H3,(H,21,23). The van der Waals surface area contributed by atoms with Crippen molar-refractivity contribution in [2.45, 2.75) is 6.42 Å². The van der Waals surface area contributed by atoms with Gasteiger partial charge in [-0.15, -0.1) is 0 Å². The number of methoxy groups -OCH3 is 1. The second-order valence-electron chi connectivity index (χ2n) is 5.67. The number of benzene rings is 2. The molecule has 1 amide bonds. The van der Waals surface area contributed by atoms with Crippen molar-refractivity contribution in [3.63, 3.8) is 0 Å². The van der Waals surface area contributed by atoms with Crippen LogP contribution in [0.25, 0.3) is 11.1 Å². The summed E-state index contributed by atoms with van der Waals surface area (Å²) >= 11 is 0. The van der Waals surface area contributed by atoms with E-state index in [9.17, 15) is 4.79 Å². The van der Waals surface area contributed by atoms with Gasteiger partial charge in [-0.2, -0.15) is 0 Å². The highest BCUT2D eigenvalue weighted by Crippen LogP contribution is 2.21. The Morgan fingerprint density at radius 2 is 2.04 bits per heavy atom. The lowest BCUT2D eigenvalue weighted by Crippen LogP contribution is -2.30. The molecule has 2 N–H and O–H groups in total. The molecule has 6 heteroatoms. The summed E-state index contributed by atoms with van der Waals surface area (Å²) in [6.45, 7) is 1.44. The molecule has 0 atom stereocenters. The molecule has 0 aliphatic heterocycles. The molecule has 0 saturated carbocycles. The molecule has 0 saturated heterocycles. The van der Waals surface area contributed by atoms with Crippen LogP contribution < -0.4 is 10.6 Å². The molecule has 1 aromatic heterocycles. The Kier molecular flexibility index (Phi) is 5.77. The zero-order valence-electron chi connectivity index (χ0n) is 14.1. The predicted molar refractivity (Wildman–Crippen MR) is 96.6 cm³/mol. The van der Waals surface area contributed by atoms with Crippen LogP contribution in [0.5, 0.6) is 0 Å². The van der Waals surface area contributed by atoms with Crippen LogP contribution in [-0.2, 0) is 16.0 Å². The Morgan fingerprint density at radius 3 is 2.84 bits per heavy atom. The van der Waals surface area contributed by atoms with Crippen molar-refractivity contribution >= 4 is 22.7 Å². The molecule has 0 bridgehead atoms. The van der Waals surface area contributed by atoms with Crippen LogP contribution in [0, 0.1) is 0 Å². The predicted octanol–water partition coefficient (Wildman–Crippen LogP) is 2.59. The molecule has 6 nitrogen and oxygen atoms in total. The third kappa shape index (κ3) is 4.89. The highest BCUT2D eigenvalue weighted by atomic mass is 16.5. The number of anilines is 1. The van der Waals surface area contributed by atoms with Crippen LogP contribution in [-0.4, -0.2) is 37.7 Å². The van der Waals surface area contributed by atoms with Gasteiger partial charge in [-0.25, -0.2) is 4.98 Å². The normalized spacial score (nSPS) is 10.9. The smallest absolute Gasteiger partial charge is 0.238 e. The topological polar surface area (TPSA) is 76.4 Å². The van der Waals surface area contributed by atoms with Gasteiger partial charge in [0.1, 0.15) is 5.52 Å². The average Bonchev–Trinajstić information content (AvgIpc) is 3.01. The Balaban J connectivity index is 1.63. The van der Waals surface area contributed by atoms with Gasteiger partial charge in [-0.3, -0.25) is 4.79 Å². The summed E-state index contributed by atoms with van der Waals surface area (Å²) < 4.78 is 10.7. The van der Waals surface area contributed by atoms with Gasteiger partial charge >= 0.3 is 0 Å². The van der Waals surface area contributed by atoms with E-state index in [1.54, 1.807) is 13.2 Å². The fraction of sp³-hybridized carbons (Fsp3) is 0.263. The lowest BCUT2D eigenvalue weighted by atomic mass is 10.1. The maximum Gasteiger partial charge on any atom is 0.238 e. The Morgan fingerprint density at radius 1 is 1.20 bits per heavy atom. The van der Waals surface area contributed by atoms with E-state index in [0.717, 1.165) is 11.1 Å². The summed E-state index contributed by atoms with van der Waals surface area (Å²) in [5, 5.41) is 5.84. The van der Waals surface area contributed by atoms with Crippen molar-refractivity contribution in [1.82, 2.24) is 10.3 Å². The van der Waals surface area contributed by atoms with Crippen LogP contribution >= 0.6 is 0 Å². The molecule has 0 unspecified atom stereocenters. The second kappa shape index (κ2) is 8.41. The van der Waals surface area contributed by atoms with Gasteiger partial charge in [0.15, 0.2) is 11.5 Å². The quantitative estimate of drug-likeness (QED) is 0.617. The lowest BCUT2D eigenvalue weighted by molar-refractivity contribution is -0.115. The van der Waals surface area contributed by atoms with E-state index in [4.69, 9.17) is 9.15 Å². The molecule has 25 heavy (non-hydrogen) atoms. The molecule has 3 aromatic rings. The highest BCUT2D eigenvalue weighted by molar-refractivity contribution is 5.94. The van der Waals surface area contributed by atoms with E-state index in [1.165, 1.54) is 0 Å². The van der Waals surface area contributed by atoms with Crippen LogP contribution in [0.2, 0.25) is 0 Å². The molecule has 2 aromatic carbocycles. The number of carbonyl (C=O) groups excluding carboxylic acids is 1. The fourth-order valence-electron chi connectivity index (χ4n) is 2.48. The van der Waals surface area contributed by atoms with Gasteiger partial charge in [-0.05, 0) is 17.7 Å². The van der Waals surface area contributed by atoms with Crippen LogP contribution in [0.15, 0.2) is 52.9 Å². The second-order valence-corrected chi connectivity index (χ2v) is 5.67. The van der Waals surface area contributed by atoms with E-state index < -0.39 is 0 Å². The van der Waals surface area contributed by atoms with E-state index in [1.807, 2.05) is 42.5 Å². The Labute approximate surface area is 146 Å². The summed E-state index contributed by atoms with van der Waals surface area (Å²) in [6, 6.07) is 15.5. The number of hydrogen-bond acceptors (Lipinski definition) is 5. The third-order valence-electron chi connectivity index (χ3n) is 3.68. The molecular weight excluding hydrogens is 318 g/mol. The lowest BCUT2D eigenvalue weighted by Gasteiger charge is -2.06. The fourth-order valence-corrected chi connectivity index (χ4v) is 2.48. The molecule has 3 rings (SSSR count). The molecule has 130 valence electrons. The maximum absolute atomic E-state index is 11.9. The van der Waals surface area contributed by atoms with Crippen molar-refractivity contribution in [3.05, 3.63) is 60.0 Å². The monoisotopic (exact) mass is 339 g/mol. The van der Waals surface area contributed by atoms with Crippen molar-refractivity contribution in [2.24, 2.45) is 0 Å². The van der Waals surface area contributed by atoms with E-state index in [-0.39, 0.29) is 12.5 Å². The minimum absolute atomic E-state index is 0.112. The van der Waals surface area contributed by atoms with Gasteiger partial charge < -0.3 is 19.8 Å². The molecule has 0 radical (unpaired) electrons. The van der Waals surface area contributed by atoms with Crippen LogP contribution in [0.4, 0.5) is 5.69 Å². The SMILES string of the molecule is COCCNCC(=O)Nc1ccc2nc(Cc3ccccc3)oc2c1. The van der Waals surface area contributed by atoms with Gasteiger partial charge in [0, 0.05) is 31.8 Å². The summed E-state index contributed by atoms with van der Waals surface area (Å²) in [6.07, 6.45) is 0.640. The molecule has 0 aliphatic rings. The maximum atomic E-state index is 11.9. The summed E-state index contributed by atoms with van der Waals surface area (Å²) in [7, 11) is 1.63. The van der Waals surface area contributed by atoms with E-state index >= 15 is 0 Å². The number of hydrogen-bond donors (Lipinski definition) is 2. The first-order valence-corrected chi connectivity index (χ1v) is 8.17. The molecule has 0 aliphatic carbocycles. The molecular formula is C19H21N3O3.